The number of nitrogens with one attached hydrogen (secondary N) is 2. The van der Waals surface area contributed by atoms with Crippen molar-refractivity contribution in [3.05, 3.63) is 59.7 Å². The first-order valence-electron chi connectivity index (χ1n) is 9.15. The summed E-state index contributed by atoms with van der Waals surface area (Å²) in [6.45, 7) is 3.15. The molecule has 1 fully saturated rings. The van der Waals surface area contributed by atoms with Crippen molar-refractivity contribution in [1.29, 1.82) is 0 Å². The third-order valence-electron chi connectivity index (χ3n) is 4.70. The lowest BCUT2D eigenvalue weighted by molar-refractivity contribution is -0.130. The molecule has 1 saturated heterocycles. The van der Waals surface area contributed by atoms with E-state index < -0.39 is 30.4 Å². The number of hydrogen-bond donors (Lipinski definition) is 2. The van der Waals surface area contributed by atoms with Gasteiger partial charge in [0.2, 0.25) is 5.91 Å². The molecule has 150 valence electrons. The first-order valence-corrected chi connectivity index (χ1v) is 9.15. The number of imide groups is 1. The maximum Gasteiger partial charge on any atom is 0.332 e. The fraction of sp³-hybridized carbons (Fsp3) is 0.238. The van der Waals surface area contributed by atoms with Crippen molar-refractivity contribution in [3.8, 4) is 0 Å². The van der Waals surface area contributed by atoms with E-state index in [0.717, 1.165) is 10.5 Å². The van der Waals surface area contributed by atoms with E-state index in [1.165, 1.54) is 18.0 Å². The number of carbonyl (C=O) groups excluding carboxylic acids is 4. The SMILES string of the molecule is CNC(=O)c1cccc(NC(=O)CN2C(=O)[C@H](C)N(c3ccc(C)cc3)C2=O)c1. The van der Waals surface area contributed by atoms with Crippen molar-refractivity contribution >= 4 is 35.1 Å². The Morgan fingerprint density at radius 1 is 1.07 bits per heavy atom. The Morgan fingerprint density at radius 3 is 2.41 bits per heavy atom. The highest BCUT2D eigenvalue weighted by Gasteiger charge is 2.44. The zero-order valence-corrected chi connectivity index (χ0v) is 16.4. The number of rotatable bonds is 5. The molecule has 0 radical (unpaired) electrons. The molecule has 1 aliphatic rings. The van der Waals surface area contributed by atoms with Crippen LogP contribution in [0.1, 0.15) is 22.8 Å². The van der Waals surface area contributed by atoms with E-state index in [-0.39, 0.29) is 5.91 Å². The van der Waals surface area contributed by atoms with E-state index in [9.17, 15) is 19.2 Å². The summed E-state index contributed by atoms with van der Waals surface area (Å²) in [6.07, 6.45) is 0. The van der Waals surface area contributed by atoms with E-state index in [1.54, 1.807) is 37.3 Å². The minimum absolute atomic E-state index is 0.284. The third-order valence-corrected chi connectivity index (χ3v) is 4.70. The van der Waals surface area contributed by atoms with Crippen LogP contribution in [0.25, 0.3) is 0 Å². The van der Waals surface area contributed by atoms with Gasteiger partial charge in [-0.1, -0.05) is 23.8 Å². The van der Waals surface area contributed by atoms with Crippen molar-refractivity contribution in [2.45, 2.75) is 19.9 Å². The molecule has 0 spiro atoms. The molecule has 0 aliphatic carbocycles. The standard InChI is InChI=1S/C21H22N4O4/c1-13-7-9-17(10-8-13)25-14(2)20(28)24(21(25)29)12-18(26)23-16-6-4-5-15(11-16)19(27)22-3/h4-11,14H,12H2,1-3H3,(H,22,27)(H,23,26)/t14-/m0/s1. The second kappa shape index (κ2) is 8.14. The molecule has 2 aromatic rings. The molecule has 5 amide bonds. The molecule has 0 aromatic heterocycles. The fourth-order valence-corrected chi connectivity index (χ4v) is 3.14. The minimum atomic E-state index is -0.699. The molecule has 0 saturated carbocycles. The molecule has 29 heavy (non-hydrogen) atoms. The third kappa shape index (κ3) is 4.11. The van der Waals surface area contributed by atoms with Crippen LogP contribution in [0.4, 0.5) is 16.2 Å². The summed E-state index contributed by atoms with van der Waals surface area (Å²) in [6, 6.07) is 12.4. The number of anilines is 2. The summed E-state index contributed by atoms with van der Waals surface area (Å²) in [5, 5.41) is 5.13. The summed E-state index contributed by atoms with van der Waals surface area (Å²) < 4.78 is 0. The Morgan fingerprint density at radius 2 is 1.76 bits per heavy atom. The van der Waals surface area contributed by atoms with Gasteiger partial charge >= 0.3 is 6.03 Å². The lowest BCUT2D eigenvalue weighted by Crippen LogP contribution is -2.39. The molecule has 8 heteroatoms. The van der Waals surface area contributed by atoms with Gasteiger partial charge in [-0.05, 0) is 44.2 Å². The molecule has 0 bridgehead atoms. The van der Waals surface area contributed by atoms with Gasteiger partial charge in [0.15, 0.2) is 0 Å². The van der Waals surface area contributed by atoms with Gasteiger partial charge in [-0.25, -0.2) is 4.79 Å². The monoisotopic (exact) mass is 394 g/mol. The lowest BCUT2D eigenvalue weighted by Gasteiger charge is -2.19. The smallest absolute Gasteiger partial charge is 0.332 e. The van der Waals surface area contributed by atoms with Crippen molar-refractivity contribution in [2.75, 3.05) is 23.8 Å². The van der Waals surface area contributed by atoms with Crippen LogP contribution < -0.4 is 15.5 Å². The Balaban J connectivity index is 1.72. The van der Waals surface area contributed by atoms with Crippen LogP contribution in [-0.4, -0.2) is 48.3 Å². The maximum atomic E-state index is 12.8. The number of nitrogens with zero attached hydrogens (tertiary/aromatic N) is 2. The van der Waals surface area contributed by atoms with Crippen LogP contribution in [0.2, 0.25) is 0 Å². The van der Waals surface area contributed by atoms with Crippen LogP contribution in [0.3, 0.4) is 0 Å². The summed E-state index contributed by atoms with van der Waals surface area (Å²) in [5.74, 6) is -1.25. The van der Waals surface area contributed by atoms with Crippen LogP contribution >= 0.6 is 0 Å². The number of hydrogen-bond acceptors (Lipinski definition) is 4. The summed E-state index contributed by atoms with van der Waals surface area (Å²) in [7, 11) is 1.51. The Bertz CT molecular complexity index is 971. The predicted molar refractivity (Wildman–Crippen MR) is 109 cm³/mol. The molecule has 2 aromatic carbocycles. The average molecular weight is 394 g/mol. The Kier molecular flexibility index (Phi) is 5.63. The second-order valence-electron chi connectivity index (χ2n) is 6.80. The quantitative estimate of drug-likeness (QED) is 0.759. The molecule has 3 rings (SSSR count). The predicted octanol–water partition coefficient (Wildman–Crippen LogP) is 2.15. The molecular weight excluding hydrogens is 372 g/mol. The highest BCUT2D eigenvalue weighted by molar-refractivity contribution is 6.16. The first kappa shape index (κ1) is 20.1. The summed E-state index contributed by atoms with van der Waals surface area (Å²) in [4.78, 5) is 51.8. The van der Waals surface area contributed by atoms with E-state index in [2.05, 4.69) is 10.6 Å². The van der Waals surface area contributed by atoms with E-state index >= 15 is 0 Å². The van der Waals surface area contributed by atoms with Crippen molar-refractivity contribution in [2.24, 2.45) is 0 Å². The fourth-order valence-electron chi connectivity index (χ4n) is 3.14. The lowest BCUT2D eigenvalue weighted by atomic mass is 10.2. The van der Waals surface area contributed by atoms with E-state index in [0.29, 0.717) is 16.9 Å². The van der Waals surface area contributed by atoms with Gasteiger partial charge in [0.25, 0.3) is 11.8 Å². The second-order valence-corrected chi connectivity index (χ2v) is 6.80. The normalized spacial score (nSPS) is 16.2. The largest absolute Gasteiger partial charge is 0.355 e. The van der Waals surface area contributed by atoms with E-state index in [4.69, 9.17) is 0 Å². The van der Waals surface area contributed by atoms with Gasteiger partial charge < -0.3 is 10.6 Å². The summed E-state index contributed by atoms with van der Waals surface area (Å²) in [5.41, 5.74) is 2.42. The molecule has 1 atom stereocenters. The minimum Gasteiger partial charge on any atom is -0.355 e. The number of aryl methyl sites for hydroxylation is 1. The summed E-state index contributed by atoms with van der Waals surface area (Å²) >= 11 is 0. The van der Waals surface area contributed by atoms with Gasteiger partial charge in [0.1, 0.15) is 12.6 Å². The topological polar surface area (TPSA) is 98.8 Å². The van der Waals surface area contributed by atoms with Gasteiger partial charge in [0, 0.05) is 24.0 Å². The van der Waals surface area contributed by atoms with Crippen molar-refractivity contribution in [3.63, 3.8) is 0 Å². The van der Waals surface area contributed by atoms with Crippen LogP contribution in [0.15, 0.2) is 48.5 Å². The number of urea groups is 1. The van der Waals surface area contributed by atoms with Gasteiger partial charge in [-0.15, -0.1) is 0 Å². The van der Waals surface area contributed by atoms with E-state index in [1.807, 2.05) is 19.1 Å². The number of carbonyl (C=O) groups is 4. The molecule has 1 heterocycles. The average Bonchev–Trinajstić information content (AvgIpc) is 2.91. The van der Waals surface area contributed by atoms with Crippen LogP contribution in [-0.2, 0) is 9.59 Å². The highest BCUT2D eigenvalue weighted by Crippen LogP contribution is 2.26. The Hall–Kier alpha value is -3.68. The molecule has 1 aliphatic heterocycles. The van der Waals surface area contributed by atoms with Crippen LogP contribution in [0, 0.1) is 6.92 Å². The number of amides is 5. The van der Waals surface area contributed by atoms with Gasteiger partial charge in [-0.3, -0.25) is 24.2 Å². The van der Waals surface area contributed by atoms with Gasteiger partial charge in [-0.2, -0.15) is 0 Å². The van der Waals surface area contributed by atoms with Crippen molar-refractivity contribution < 1.29 is 19.2 Å². The zero-order valence-electron chi connectivity index (χ0n) is 16.4. The van der Waals surface area contributed by atoms with Crippen molar-refractivity contribution in [1.82, 2.24) is 10.2 Å². The first-order chi connectivity index (χ1) is 13.8. The molecular formula is C21H22N4O4. The van der Waals surface area contributed by atoms with Crippen LogP contribution in [0.5, 0.6) is 0 Å². The zero-order chi connectivity index (χ0) is 21.1. The molecule has 8 nitrogen and oxygen atoms in total. The maximum absolute atomic E-state index is 12.8. The Labute approximate surface area is 168 Å². The molecule has 2 N–H and O–H groups in total. The molecule has 0 unspecified atom stereocenters. The van der Waals surface area contributed by atoms with Gasteiger partial charge in [0.05, 0.1) is 0 Å². The highest BCUT2D eigenvalue weighted by atomic mass is 16.2. The number of benzene rings is 2.